The third-order valence-corrected chi connectivity index (χ3v) is 3.77. The Morgan fingerprint density at radius 3 is 2.37 bits per heavy atom. The summed E-state index contributed by atoms with van der Waals surface area (Å²) in [5, 5.41) is 9.77. The second-order valence-corrected chi connectivity index (χ2v) is 6.06. The molecule has 1 aromatic carbocycles. The van der Waals surface area contributed by atoms with Gasteiger partial charge in [-0.25, -0.2) is 0 Å². The summed E-state index contributed by atoms with van der Waals surface area (Å²) in [6, 6.07) is 10.8. The van der Waals surface area contributed by atoms with Gasteiger partial charge in [-0.05, 0) is 12.0 Å². The molecule has 0 fully saturated rings. The molecule has 19 heavy (non-hydrogen) atoms. The van der Waals surface area contributed by atoms with Crippen molar-refractivity contribution >= 4 is 0 Å². The molecule has 0 saturated heterocycles. The third kappa shape index (κ3) is 4.81. The molecule has 2 atom stereocenters. The van der Waals surface area contributed by atoms with Crippen molar-refractivity contribution in [2.75, 3.05) is 20.2 Å². The molecule has 0 saturated carbocycles. The average molecular weight is 262 g/mol. The predicted molar refractivity (Wildman–Crippen MR) is 81.7 cm³/mol. The Hall–Kier alpha value is -1.12. The second-order valence-electron chi connectivity index (χ2n) is 6.06. The molecule has 0 radical (unpaired) electrons. The first kappa shape index (κ1) is 15.9. The molecule has 1 aromatic rings. The number of aliphatic hydroxyl groups excluding tert-OH is 1. The minimum atomic E-state index is 0.232. The number of likely N-dealkylation sites (N-methyl/N-ethyl adjacent to an activating group) is 1. The summed E-state index contributed by atoms with van der Waals surface area (Å²) in [7, 11) is 2.22. The maximum absolute atomic E-state index is 9.77. The van der Waals surface area contributed by atoms with E-state index in [1.165, 1.54) is 5.56 Å². The maximum Gasteiger partial charge on any atom is 0.113 e. The number of rotatable bonds is 8. The molecule has 0 aliphatic carbocycles. The fraction of sp³-hybridized carbons (Fsp3) is 0.529. The van der Waals surface area contributed by atoms with Gasteiger partial charge in [0.25, 0.3) is 0 Å². The number of hydrogen-bond donors (Lipinski definition) is 1. The van der Waals surface area contributed by atoms with Crippen LogP contribution in [0.2, 0.25) is 0 Å². The number of hydrogen-bond acceptors (Lipinski definition) is 1. The van der Waals surface area contributed by atoms with Gasteiger partial charge in [-0.15, -0.1) is 0 Å². The Balaban J connectivity index is 2.90. The van der Waals surface area contributed by atoms with E-state index in [9.17, 15) is 5.11 Å². The van der Waals surface area contributed by atoms with Crippen LogP contribution in [0.25, 0.3) is 0 Å². The van der Waals surface area contributed by atoms with Crippen LogP contribution in [-0.4, -0.2) is 35.8 Å². The van der Waals surface area contributed by atoms with E-state index in [-0.39, 0.29) is 12.6 Å². The van der Waals surface area contributed by atoms with Gasteiger partial charge < -0.3 is 9.59 Å². The van der Waals surface area contributed by atoms with Gasteiger partial charge >= 0.3 is 0 Å². The van der Waals surface area contributed by atoms with Crippen LogP contribution in [0.15, 0.2) is 43.0 Å². The van der Waals surface area contributed by atoms with E-state index in [1.807, 2.05) is 12.1 Å². The summed E-state index contributed by atoms with van der Waals surface area (Å²) in [5.74, 6) is 0.593. The lowest BCUT2D eigenvalue weighted by Crippen LogP contribution is -2.53. The smallest absolute Gasteiger partial charge is 0.113 e. The molecule has 1 rings (SSSR count). The summed E-state index contributed by atoms with van der Waals surface area (Å²) in [6.45, 7) is 10.4. The fourth-order valence-corrected chi connectivity index (χ4v) is 2.71. The zero-order valence-corrected chi connectivity index (χ0v) is 12.5. The molecule has 0 aliphatic rings. The molecule has 0 aromatic heterocycles. The Kier molecular flexibility index (Phi) is 6.26. The highest BCUT2D eigenvalue weighted by atomic mass is 16.3. The van der Waals surface area contributed by atoms with Gasteiger partial charge in [-0.2, -0.15) is 0 Å². The van der Waals surface area contributed by atoms with Gasteiger partial charge in [0.1, 0.15) is 12.6 Å². The van der Waals surface area contributed by atoms with Gasteiger partial charge in [0.15, 0.2) is 0 Å². The molecule has 2 heteroatoms. The first-order chi connectivity index (χ1) is 9.01. The maximum atomic E-state index is 9.77. The van der Waals surface area contributed by atoms with E-state index < -0.39 is 0 Å². The highest BCUT2D eigenvalue weighted by Crippen LogP contribution is 2.22. The highest BCUT2D eigenvalue weighted by Gasteiger charge is 2.31. The SMILES string of the molecule is C=CC[N@@+](C)(Cc1ccccc1)[C@H](CO)CC(C)C. The van der Waals surface area contributed by atoms with Crippen LogP contribution in [0.3, 0.4) is 0 Å². The van der Waals surface area contributed by atoms with Crippen LogP contribution in [0, 0.1) is 5.92 Å². The second kappa shape index (κ2) is 7.46. The first-order valence-electron chi connectivity index (χ1n) is 7.11. The van der Waals surface area contributed by atoms with Gasteiger partial charge in [0.05, 0.1) is 20.2 Å². The Morgan fingerprint density at radius 1 is 1.26 bits per heavy atom. The lowest BCUT2D eigenvalue weighted by molar-refractivity contribution is -0.942. The van der Waals surface area contributed by atoms with Crippen LogP contribution in [0.1, 0.15) is 25.8 Å². The molecular formula is C17H28NO+. The van der Waals surface area contributed by atoms with Gasteiger partial charge in [0, 0.05) is 12.0 Å². The summed E-state index contributed by atoms with van der Waals surface area (Å²) in [4.78, 5) is 0. The largest absolute Gasteiger partial charge is 0.390 e. The van der Waals surface area contributed by atoms with Crippen LogP contribution in [-0.2, 0) is 6.54 Å². The topological polar surface area (TPSA) is 20.2 Å². The molecule has 0 bridgehead atoms. The van der Waals surface area contributed by atoms with Crippen molar-refractivity contribution in [3.05, 3.63) is 48.6 Å². The van der Waals surface area contributed by atoms with Gasteiger partial charge in [0.2, 0.25) is 0 Å². The average Bonchev–Trinajstić information content (AvgIpc) is 2.37. The van der Waals surface area contributed by atoms with E-state index in [2.05, 4.69) is 51.7 Å². The molecule has 1 N–H and O–H groups in total. The summed E-state index contributed by atoms with van der Waals surface area (Å²) in [5.41, 5.74) is 1.31. The molecule has 0 spiro atoms. The zero-order chi connectivity index (χ0) is 14.3. The van der Waals surface area contributed by atoms with Crippen molar-refractivity contribution < 1.29 is 9.59 Å². The van der Waals surface area contributed by atoms with E-state index >= 15 is 0 Å². The molecule has 0 aliphatic heterocycles. The molecule has 0 heterocycles. The quantitative estimate of drug-likeness (QED) is 0.563. The Labute approximate surface area is 118 Å². The van der Waals surface area contributed by atoms with E-state index in [0.717, 1.165) is 24.0 Å². The van der Waals surface area contributed by atoms with Crippen molar-refractivity contribution in [1.82, 2.24) is 0 Å². The molecule has 0 amide bonds. The molecular weight excluding hydrogens is 234 g/mol. The lowest BCUT2D eigenvalue weighted by atomic mass is 10.00. The number of quaternary nitrogens is 1. The van der Waals surface area contributed by atoms with Crippen molar-refractivity contribution in [2.45, 2.75) is 32.9 Å². The van der Waals surface area contributed by atoms with Crippen LogP contribution in [0.5, 0.6) is 0 Å². The van der Waals surface area contributed by atoms with Crippen molar-refractivity contribution in [1.29, 1.82) is 0 Å². The van der Waals surface area contributed by atoms with Crippen LogP contribution >= 0.6 is 0 Å². The first-order valence-corrected chi connectivity index (χ1v) is 7.11. The Morgan fingerprint density at radius 2 is 1.89 bits per heavy atom. The summed E-state index contributed by atoms with van der Waals surface area (Å²) in [6.07, 6.45) is 3.00. The Bertz CT molecular complexity index is 374. The van der Waals surface area contributed by atoms with E-state index in [0.29, 0.717) is 5.92 Å². The minimum absolute atomic E-state index is 0.232. The third-order valence-electron chi connectivity index (χ3n) is 3.77. The van der Waals surface area contributed by atoms with E-state index in [1.54, 1.807) is 0 Å². The fourth-order valence-electron chi connectivity index (χ4n) is 2.71. The number of nitrogens with zero attached hydrogens (tertiary/aromatic N) is 1. The molecule has 106 valence electrons. The van der Waals surface area contributed by atoms with Crippen molar-refractivity contribution in [3.63, 3.8) is 0 Å². The molecule has 0 unspecified atom stereocenters. The molecule has 2 nitrogen and oxygen atoms in total. The van der Waals surface area contributed by atoms with Crippen LogP contribution in [0.4, 0.5) is 0 Å². The standard InChI is InChI=1S/C17H28NO/c1-5-11-18(4,17(14-19)12-15(2)3)13-16-9-7-6-8-10-16/h5-10,15,17,19H,1,11-14H2,2-4H3/q+1/t17-,18-/m0/s1. The van der Waals surface area contributed by atoms with Crippen molar-refractivity contribution in [2.24, 2.45) is 5.92 Å². The van der Waals surface area contributed by atoms with Crippen molar-refractivity contribution in [3.8, 4) is 0 Å². The monoisotopic (exact) mass is 262 g/mol. The number of aliphatic hydroxyl groups is 1. The normalized spacial score (nSPS) is 16.1. The van der Waals surface area contributed by atoms with Gasteiger partial charge in [-0.3, -0.25) is 0 Å². The minimum Gasteiger partial charge on any atom is -0.390 e. The number of benzene rings is 1. The van der Waals surface area contributed by atoms with Crippen LogP contribution < -0.4 is 0 Å². The van der Waals surface area contributed by atoms with Gasteiger partial charge in [-0.1, -0.05) is 50.8 Å². The highest BCUT2D eigenvalue weighted by molar-refractivity contribution is 5.13. The summed E-state index contributed by atoms with van der Waals surface area (Å²) < 4.78 is 0.822. The summed E-state index contributed by atoms with van der Waals surface area (Å²) >= 11 is 0. The van der Waals surface area contributed by atoms with E-state index in [4.69, 9.17) is 0 Å². The lowest BCUT2D eigenvalue weighted by Gasteiger charge is -2.41. The predicted octanol–water partition coefficient (Wildman–Crippen LogP) is 3.23. The zero-order valence-electron chi connectivity index (χ0n) is 12.5.